The van der Waals surface area contributed by atoms with Gasteiger partial charge in [0.15, 0.2) is 0 Å². The normalized spacial score (nSPS) is 22.3. The van der Waals surface area contributed by atoms with Crippen LogP contribution in [0.1, 0.15) is 6.92 Å². The summed E-state index contributed by atoms with van der Waals surface area (Å²) < 4.78 is 15.0. The second-order valence-electron chi connectivity index (χ2n) is 4.37. The Bertz CT molecular complexity index is 310. The number of amides is 1. The van der Waals surface area contributed by atoms with Gasteiger partial charge in [0, 0.05) is 19.7 Å². The van der Waals surface area contributed by atoms with Crippen LogP contribution in [0.5, 0.6) is 0 Å². The Balaban J connectivity index is 2.61. The number of nitrogens with two attached hydrogens (primary N) is 1. The van der Waals surface area contributed by atoms with E-state index in [0.29, 0.717) is 26.4 Å². The van der Waals surface area contributed by atoms with E-state index in [-0.39, 0.29) is 25.1 Å². The van der Waals surface area contributed by atoms with Gasteiger partial charge in [0.1, 0.15) is 6.54 Å². The van der Waals surface area contributed by atoms with Crippen molar-refractivity contribution >= 4 is 11.9 Å². The van der Waals surface area contributed by atoms with Gasteiger partial charge in [0.2, 0.25) is 5.91 Å². The van der Waals surface area contributed by atoms with Crippen molar-refractivity contribution in [1.82, 2.24) is 4.90 Å². The molecule has 0 aromatic rings. The summed E-state index contributed by atoms with van der Waals surface area (Å²) in [6.07, 6.45) is 0. The molecule has 1 rings (SSSR count). The number of methoxy groups -OCH3 is 1. The molecule has 2 N–H and O–H groups in total. The van der Waals surface area contributed by atoms with Crippen LogP contribution in [0.25, 0.3) is 0 Å². The highest BCUT2D eigenvalue weighted by Crippen LogP contribution is 2.15. The smallest absolute Gasteiger partial charge is 0.325 e. The molecule has 0 aromatic heterocycles. The topological polar surface area (TPSA) is 91.1 Å². The zero-order valence-electron chi connectivity index (χ0n) is 11.5. The first-order chi connectivity index (χ1) is 9.10. The van der Waals surface area contributed by atoms with Gasteiger partial charge in [0.05, 0.1) is 32.3 Å². The Morgan fingerprint density at radius 3 is 2.68 bits per heavy atom. The number of hydrogen-bond acceptors (Lipinski definition) is 6. The van der Waals surface area contributed by atoms with Crippen LogP contribution in [-0.2, 0) is 23.8 Å². The van der Waals surface area contributed by atoms with Gasteiger partial charge < -0.3 is 24.8 Å². The lowest BCUT2D eigenvalue weighted by molar-refractivity contribution is -0.150. The number of nitrogens with zero attached hydrogens (tertiary/aromatic N) is 1. The van der Waals surface area contributed by atoms with Gasteiger partial charge in [-0.25, -0.2) is 0 Å². The van der Waals surface area contributed by atoms with E-state index in [1.165, 1.54) is 12.0 Å². The zero-order valence-corrected chi connectivity index (χ0v) is 11.5. The van der Waals surface area contributed by atoms with Crippen LogP contribution < -0.4 is 5.73 Å². The Kier molecular flexibility index (Phi) is 6.75. The second kappa shape index (κ2) is 8.08. The molecule has 0 radical (unpaired) electrons. The van der Waals surface area contributed by atoms with Crippen LogP contribution in [0.3, 0.4) is 0 Å². The van der Waals surface area contributed by atoms with E-state index in [0.717, 1.165) is 0 Å². The number of carbonyl (C=O) groups is 2. The third-order valence-electron chi connectivity index (χ3n) is 2.94. The Labute approximate surface area is 113 Å². The average Bonchev–Trinajstić information content (AvgIpc) is 2.80. The molecule has 110 valence electrons. The summed E-state index contributed by atoms with van der Waals surface area (Å²) in [6, 6.07) is -0.320. The minimum atomic E-state index is -0.431. The van der Waals surface area contributed by atoms with E-state index in [1.54, 1.807) is 6.92 Å². The summed E-state index contributed by atoms with van der Waals surface area (Å²) >= 11 is 0. The highest BCUT2D eigenvalue weighted by Gasteiger charge is 2.35. The minimum Gasteiger partial charge on any atom is -0.465 e. The number of esters is 1. The lowest BCUT2D eigenvalue weighted by atomic mass is 10.0. The standard InChI is InChI=1S/C12H22N2O5/c1-3-19-11(15)6-14(4-5-17-2)12(16)9-7-18-8-10(9)13/h9-10H,3-8,13H2,1-2H3. The number of ether oxygens (including phenoxy) is 3. The van der Waals surface area contributed by atoms with Crippen LogP contribution in [0.15, 0.2) is 0 Å². The molecule has 0 aromatic carbocycles. The van der Waals surface area contributed by atoms with Crippen molar-refractivity contribution in [3.05, 3.63) is 0 Å². The van der Waals surface area contributed by atoms with Crippen molar-refractivity contribution in [2.45, 2.75) is 13.0 Å². The molecular formula is C12H22N2O5. The predicted octanol–water partition coefficient (Wildman–Crippen LogP) is -1.00. The van der Waals surface area contributed by atoms with Gasteiger partial charge in [-0.05, 0) is 6.92 Å². The minimum absolute atomic E-state index is 0.0841. The fourth-order valence-corrected chi connectivity index (χ4v) is 1.89. The fraction of sp³-hybridized carbons (Fsp3) is 0.833. The van der Waals surface area contributed by atoms with Gasteiger partial charge in [-0.2, -0.15) is 0 Å². The molecule has 19 heavy (non-hydrogen) atoms. The third kappa shape index (κ3) is 4.77. The molecule has 7 heteroatoms. The van der Waals surface area contributed by atoms with E-state index in [9.17, 15) is 9.59 Å². The van der Waals surface area contributed by atoms with Crippen LogP contribution in [0.4, 0.5) is 0 Å². The van der Waals surface area contributed by atoms with Crippen molar-refractivity contribution in [2.24, 2.45) is 11.7 Å². The third-order valence-corrected chi connectivity index (χ3v) is 2.94. The highest BCUT2D eigenvalue weighted by molar-refractivity contribution is 5.84. The summed E-state index contributed by atoms with van der Waals surface area (Å²) in [7, 11) is 1.54. The molecule has 2 unspecified atom stereocenters. The van der Waals surface area contributed by atoms with E-state index >= 15 is 0 Å². The molecule has 1 aliphatic heterocycles. The molecule has 7 nitrogen and oxygen atoms in total. The van der Waals surface area contributed by atoms with Gasteiger partial charge in [-0.1, -0.05) is 0 Å². The fourth-order valence-electron chi connectivity index (χ4n) is 1.89. The van der Waals surface area contributed by atoms with E-state index < -0.39 is 11.9 Å². The lowest BCUT2D eigenvalue weighted by Crippen LogP contribution is -2.46. The summed E-state index contributed by atoms with van der Waals surface area (Å²) in [5, 5.41) is 0. The molecule has 1 amide bonds. The molecule has 0 saturated carbocycles. The van der Waals surface area contributed by atoms with Gasteiger partial charge in [-0.3, -0.25) is 9.59 Å². The van der Waals surface area contributed by atoms with E-state index in [2.05, 4.69) is 0 Å². The maximum Gasteiger partial charge on any atom is 0.325 e. The maximum absolute atomic E-state index is 12.3. The summed E-state index contributed by atoms with van der Waals surface area (Å²) in [4.78, 5) is 25.2. The SMILES string of the molecule is CCOC(=O)CN(CCOC)C(=O)C1COCC1N. The molecule has 1 fully saturated rings. The maximum atomic E-state index is 12.3. The first-order valence-corrected chi connectivity index (χ1v) is 6.36. The Morgan fingerprint density at radius 2 is 2.16 bits per heavy atom. The van der Waals surface area contributed by atoms with Crippen molar-refractivity contribution in [1.29, 1.82) is 0 Å². The Hall–Kier alpha value is -1.18. The molecule has 0 aliphatic carbocycles. The zero-order chi connectivity index (χ0) is 14.3. The van der Waals surface area contributed by atoms with Gasteiger partial charge in [0.25, 0.3) is 0 Å². The number of carbonyl (C=O) groups excluding carboxylic acids is 2. The number of rotatable bonds is 7. The summed E-state index contributed by atoms with van der Waals surface area (Å²) in [6.45, 7) is 3.28. The van der Waals surface area contributed by atoms with E-state index in [4.69, 9.17) is 19.9 Å². The van der Waals surface area contributed by atoms with Crippen molar-refractivity contribution in [2.75, 3.05) is 46.6 Å². The summed E-state index contributed by atoms with van der Waals surface area (Å²) in [5.74, 6) is -1.01. The van der Waals surface area contributed by atoms with Crippen molar-refractivity contribution in [3.63, 3.8) is 0 Å². The highest BCUT2D eigenvalue weighted by atomic mass is 16.5. The summed E-state index contributed by atoms with van der Waals surface area (Å²) in [5.41, 5.74) is 5.82. The van der Waals surface area contributed by atoms with Crippen LogP contribution in [0.2, 0.25) is 0 Å². The van der Waals surface area contributed by atoms with Crippen LogP contribution in [0, 0.1) is 5.92 Å². The molecule has 0 bridgehead atoms. The van der Waals surface area contributed by atoms with Crippen molar-refractivity contribution < 1.29 is 23.8 Å². The predicted molar refractivity (Wildman–Crippen MR) is 67.4 cm³/mol. The van der Waals surface area contributed by atoms with Gasteiger partial charge in [-0.15, -0.1) is 0 Å². The number of hydrogen-bond donors (Lipinski definition) is 1. The first kappa shape index (κ1) is 15.9. The lowest BCUT2D eigenvalue weighted by Gasteiger charge is -2.25. The molecule has 2 atom stereocenters. The van der Waals surface area contributed by atoms with Crippen molar-refractivity contribution in [3.8, 4) is 0 Å². The molecular weight excluding hydrogens is 252 g/mol. The molecule has 1 aliphatic rings. The molecule has 0 spiro atoms. The van der Waals surface area contributed by atoms with Gasteiger partial charge >= 0.3 is 5.97 Å². The average molecular weight is 274 g/mol. The largest absolute Gasteiger partial charge is 0.465 e. The monoisotopic (exact) mass is 274 g/mol. The van der Waals surface area contributed by atoms with Crippen LogP contribution >= 0.6 is 0 Å². The second-order valence-corrected chi connectivity index (χ2v) is 4.37. The first-order valence-electron chi connectivity index (χ1n) is 6.36. The molecule has 1 heterocycles. The van der Waals surface area contributed by atoms with Crippen LogP contribution in [-0.4, -0.2) is 69.4 Å². The quantitative estimate of drug-likeness (QED) is 0.599. The Morgan fingerprint density at radius 1 is 1.42 bits per heavy atom. The van der Waals surface area contributed by atoms with E-state index in [1.807, 2.05) is 0 Å². The molecule has 1 saturated heterocycles.